The van der Waals surface area contributed by atoms with Crippen LogP contribution in [0.5, 0.6) is 0 Å². The van der Waals surface area contributed by atoms with E-state index in [0.717, 1.165) is 10.9 Å². The molecule has 2 aromatic rings. The highest BCUT2D eigenvalue weighted by molar-refractivity contribution is 6.22. The molecule has 85 valence electrons. The SMILES string of the molecule is C[B][n+]1cnc2cc(/C=C/C(C)C)ccc2c1. The molecular formula is C14H17BN2+. The highest BCUT2D eigenvalue weighted by Gasteiger charge is 2.04. The minimum absolute atomic E-state index is 0.575. The number of hydrogen-bond donors (Lipinski definition) is 0. The van der Waals surface area contributed by atoms with Crippen LogP contribution in [0.25, 0.3) is 17.0 Å². The van der Waals surface area contributed by atoms with E-state index in [2.05, 4.69) is 55.4 Å². The van der Waals surface area contributed by atoms with Crippen LogP contribution in [0.15, 0.2) is 36.8 Å². The lowest BCUT2D eigenvalue weighted by atomic mass is 9.99. The molecule has 1 aromatic carbocycles. The monoisotopic (exact) mass is 224 g/mol. The van der Waals surface area contributed by atoms with Crippen molar-refractivity contribution in [3.8, 4) is 0 Å². The molecule has 1 heterocycles. The van der Waals surface area contributed by atoms with Crippen LogP contribution in [0.3, 0.4) is 0 Å². The molecule has 0 aliphatic heterocycles. The summed E-state index contributed by atoms with van der Waals surface area (Å²) in [5.74, 6) is 0.575. The fourth-order valence-corrected chi connectivity index (χ4v) is 1.65. The van der Waals surface area contributed by atoms with Crippen molar-refractivity contribution in [3.63, 3.8) is 0 Å². The van der Waals surface area contributed by atoms with Crippen LogP contribution in [-0.4, -0.2) is 12.4 Å². The van der Waals surface area contributed by atoms with Crippen molar-refractivity contribution in [1.82, 2.24) is 4.98 Å². The number of aromatic nitrogens is 2. The van der Waals surface area contributed by atoms with Gasteiger partial charge in [0.15, 0.2) is 5.52 Å². The van der Waals surface area contributed by atoms with E-state index in [-0.39, 0.29) is 0 Å². The molecular weight excluding hydrogens is 207 g/mol. The summed E-state index contributed by atoms with van der Waals surface area (Å²) in [6.07, 6.45) is 8.26. The Balaban J connectivity index is 2.38. The van der Waals surface area contributed by atoms with Crippen molar-refractivity contribution in [2.75, 3.05) is 0 Å². The van der Waals surface area contributed by atoms with Crippen molar-refractivity contribution in [2.24, 2.45) is 5.92 Å². The zero-order valence-electron chi connectivity index (χ0n) is 10.6. The second-order valence-electron chi connectivity index (χ2n) is 4.50. The summed E-state index contributed by atoms with van der Waals surface area (Å²) >= 11 is 0. The predicted octanol–water partition coefficient (Wildman–Crippen LogP) is 2.71. The molecule has 2 nitrogen and oxygen atoms in total. The van der Waals surface area contributed by atoms with Crippen molar-refractivity contribution in [1.29, 1.82) is 0 Å². The third-order valence-corrected chi connectivity index (χ3v) is 2.64. The van der Waals surface area contributed by atoms with Crippen LogP contribution in [0.4, 0.5) is 0 Å². The lowest BCUT2D eigenvalue weighted by Crippen LogP contribution is -2.37. The third kappa shape index (κ3) is 2.93. The second-order valence-corrected chi connectivity index (χ2v) is 4.50. The predicted molar refractivity (Wildman–Crippen MR) is 72.8 cm³/mol. The van der Waals surface area contributed by atoms with Gasteiger partial charge in [-0.2, -0.15) is 0 Å². The van der Waals surface area contributed by atoms with Crippen LogP contribution >= 0.6 is 0 Å². The Morgan fingerprint density at radius 2 is 2.18 bits per heavy atom. The van der Waals surface area contributed by atoms with Gasteiger partial charge in [0.1, 0.15) is 0 Å². The average Bonchev–Trinajstić information content (AvgIpc) is 2.35. The van der Waals surface area contributed by atoms with Crippen molar-refractivity contribution >= 4 is 24.4 Å². The number of nitrogens with zero attached hydrogens (tertiary/aromatic N) is 2. The first kappa shape index (κ1) is 11.8. The smallest absolute Gasteiger partial charge is 0.302 e. The largest absolute Gasteiger partial charge is 0.393 e. The van der Waals surface area contributed by atoms with E-state index in [1.165, 1.54) is 5.56 Å². The molecule has 0 aliphatic carbocycles. The Morgan fingerprint density at radius 1 is 1.35 bits per heavy atom. The van der Waals surface area contributed by atoms with Gasteiger partial charge in [0.2, 0.25) is 0 Å². The van der Waals surface area contributed by atoms with Gasteiger partial charge < -0.3 is 4.48 Å². The van der Waals surface area contributed by atoms with Crippen LogP contribution < -0.4 is 4.48 Å². The molecule has 0 N–H and O–H groups in total. The quantitative estimate of drug-likeness (QED) is 0.732. The topological polar surface area (TPSA) is 16.8 Å². The van der Waals surface area contributed by atoms with Gasteiger partial charge in [-0.3, -0.25) is 0 Å². The van der Waals surface area contributed by atoms with E-state index >= 15 is 0 Å². The van der Waals surface area contributed by atoms with Gasteiger partial charge in [-0.05, 0) is 30.4 Å². The average molecular weight is 224 g/mol. The first-order valence-electron chi connectivity index (χ1n) is 5.97. The van der Waals surface area contributed by atoms with Gasteiger partial charge in [0.25, 0.3) is 6.33 Å². The van der Waals surface area contributed by atoms with Gasteiger partial charge in [-0.1, -0.05) is 37.0 Å². The van der Waals surface area contributed by atoms with E-state index in [9.17, 15) is 0 Å². The van der Waals surface area contributed by atoms with E-state index in [0.29, 0.717) is 5.92 Å². The van der Waals surface area contributed by atoms with Gasteiger partial charge in [-0.25, -0.2) is 0 Å². The number of hydrogen-bond acceptors (Lipinski definition) is 1. The summed E-state index contributed by atoms with van der Waals surface area (Å²) in [4.78, 5) is 4.44. The van der Waals surface area contributed by atoms with Crippen LogP contribution in [0.1, 0.15) is 19.4 Å². The molecule has 0 amide bonds. The minimum Gasteiger partial charge on any atom is -0.302 e. The Morgan fingerprint density at radius 3 is 2.88 bits per heavy atom. The van der Waals surface area contributed by atoms with Crippen molar-refractivity contribution in [3.05, 3.63) is 42.4 Å². The first-order chi connectivity index (χ1) is 8.19. The molecule has 3 heteroatoms. The number of fused-ring (bicyclic) bond motifs is 1. The zero-order valence-corrected chi connectivity index (χ0v) is 10.6. The number of benzene rings is 1. The highest BCUT2D eigenvalue weighted by atomic mass is 14.9. The molecule has 0 atom stereocenters. The summed E-state index contributed by atoms with van der Waals surface area (Å²) in [5.41, 5.74) is 2.24. The molecule has 1 aromatic heterocycles. The number of allylic oxidation sites excluding steroid dienone is 1. The van der Waals surface area contributed by atoms with Gasteiger partial charge in [-0.15, -0.1) is 0 Å². The van der Waals surface area contributed by atoms with Gasteiger partial charge in [0.05, 0.1) is 11.6 Å². The number of rotatable bonds is 3. The summed E-state index contributed by atoms with van der Waals surface area (Å²) < 4.78 is 1.96. The standard InChI is InChI=1S/C14H17BN2/c1-11(2)4-5-12-6-7-13-9-17(15-3)10-16-14(13)8-12/h4-11H,1-3H3/q+1/b5-4+. The van der Waals surface area contributed by atoms with E-state index in [1.54, 1.807) is 0 Å². The normalized spacial score (nSPS) is 11.5. The third-order valence-electron chi connectivity index (χ3n) is 2.64. The molecule has 1 radical (unpaired) electrons. The molecule has 2 rings (SSSR count). The Kier molecular flexibility index (Phi) is 3.57. The van der Waals surface area contributed by atoms with Gasteiger partial charge in [0, 0.05) is 0 Å². The van der Waals surface area contributed by atoms with Crippen LogP contribution in [-0.2, 0) is 0 Å². The fourth-order valence-electron chi connectivity index (χ4n) is 1.65. The van der Waals surface area contributed by atoms with E-state index in [1.807, 2.05) is 25.0 Å². The van der Waals surface area contributed by atoms with Crippen molar-refractivity contribution in [2.45, 2.75) is 20.7 Å². The van der Waals surface area contributed by atoms with Crippen LogP contribution in [0.2, 0.25) is 6.82 Å². The molecule has 0 saturated carbocycles. The summed E-state index contributed by atoms with van der Waals surface area (Å²) in [6.45, 7) is 6.35. The lowest BCUT2D eigenvalue weighted by molar-refractivity contribution is -0.530. The maximum Gasteiger partial charge on any atom is 0.393 e. The lowest BCUT2D eigenvalue weighted by Gasteiger charge is -1.98. The molecule has 0 spiro atoms. The summed E-state index contributed by atoms with van der Waals surface area (Å²) in [7, 11) is 1.99. The zero-order chi connectivity index (χ0) is 12.3. The Labute approximate surface area is 103 Å². The first-order valence-corrected chi connectivity index (χ1v) is 5.97. The molecule has 17 heavy (non-hydrogen) atoms. The molecule has 0 unspecified atom stereocenters. The minimum atomic E-state index is 0.575. The Hall–Kier alpha value is -1.64. The molecule has 0 fully saturated rings. The van der Waals surface area contributed by atoms with Gasteiger partial charge >= 0.3 is 7.41 Å². The molecule has 0 bridgehead atoms. The maximum atomic E-state index is 4.44. The van der Waals surface area contributed by atoms with E-state index in [4.69, 9.17) is 0 Å². The maximum absolute atomic E-state index is 4.44. The molecule has 0 saturated heterocycles. The molecule has 0 aliphatic rings. The second kappa shape index (κ2) is 5.13. The Bertz CT molecular complexity index is 547. The van der Waals surface area contributed by atoms with Crippen LogP contribution in [0, 0.1) is 5.92 Å². The van der Waals surface area contributed by atoms with E-state index < -0.39 is 0 Å². The highest BCUT2D eigenvalue weighted by Crippen LogP contribution is 2.13. The fraction of sp³-hybridized carbons (Fsp3) is 0.286. The summed E-state index contributed by atoms with van der Waals surface area (Å²) in [5, 5.41) is 1.16. The van der Waals surface area contributed by atoms with Crippen molar-refractivity contribution < 1.29 is 4.48 Å². The summed E-state index contributed by atoms with van der Waals surface area (Å²) in [6, 6.07) is 6.36.